The predicted molar refractivity (Wildman–Crippen MR) is 58.1 cm³/mol. The van der Waals surface area contributed by atoms with Crippen LogP contribution in [0.5, 0.6) is 0 Å². The monoisotopic (exact) mass is 240 g/mol. The van der Waals surface area contributed by atoms with E-state index < -0.39 is 17.4 Å². The van der Waals surface area contributed by atoms with E-state index in [9.17, 15) is 14.4 Å². The summed E-state index contributed by atoms with van der Waals surface area (Å²) in [5.41, 5.74) is -0.849. The maximum absolute atomic E-state index is 12.0. The number of carbonyl (C=O) groups excluding carboxylic acids is 2. The van der Waals surface area contributed by atoms with E-state index in [1.54, 1.807) is 11.8 Å². The van der Waals surface area contributed by atoms with Gasteiger partial charge in [-0.25, -0.2) is 0 Å². The minimum absolute atomic E-state index is 0.108. The number of hydrogen-bond donors (Lipinski definition) is 2. The van der Waals surface area contributed by atoms with E-state index >= 15 is 0 Å². The third kappa shape index (κ3) is 2.11. The van der Waals surface area contributed by atoms with Gasteiger partial charge in [0, 0.05) is 19.5 Å². The molecule has 2 fully saturated rings. The van der Waals surface area contributed by atoms with E-state index in [0.29, 0.717) is 25.8 Å². The summed E-state index contributed by atoms with van der Waals surface area (Å²) < 4.78 is 0. The van der Waals surface area contributed by atoms with E-state index in [4.69, 9.17) is 5.11 Å². The molecule has 0 radical (unpaired) electrons. The molecule has 2 aliphatic rings. The van der Waals surface area contributed by atoms with E-state index in [-0.39, 0.29) is 18.4 Å². The van der Waals surface area contributed by atoms with Crippen molar-refractivity contribution < 1.29 is 19.5 Å². The van der Waals surface area contributed by atoms with Crippen LogP contribution in [0, 0.1) is 5.41 Å². The number of amides is 2. The zero-order valence-corrected chi connectivity index (χ0v) is 9.73. The molecule has 2 atom stereocenters. The van der Waals surface area contributed by atoms with Crippen LogP contribution in [0.4, 0.5) is 0 Å². The molecule has 94 valence electrons. The summed E-state index contributed by atoms with van der Waals surface area (Å²) in [6, 6.07) is -0.460. The van der Waals surface area contributed by atoms with Crippen molar-refractivity contribution in [3.63, 3.8) is 0 Å². The molecule has 6 nitrogen and oxygen atoms in total. The minimum Gasteiger partial charge on any atom is -0.481 e. The average Bonchev–Trinajstić information content (AvgIpc) is 2.85. The smallest absolute Gasteiger partial charge is 0.311 e. The molecule has 0 aromatic rings. The molecule has 2 amide bonds. The number of aliphatic carboxylic acids is 1. The quantitative estimate of drug-likeness (QED) is 0.687. The van der Waals surface area contributed by atoms with Crippen LogP contribution in [-0.2, 0) is 14.4 Å². The van der Waals surface area contributed by atoms with Crippen molar-refractivity contribution in [3.05, 3.63) is 0 Å². The van der Waals surface area contributed by atoms with Crippen LogP contribution in [0.2, 0.25) is 0 Å². The Morgan fingerprint density at radius 1 is 1.53 bits per heavy atom. The lowest BCUT2D eigenvalue weighted by Gasteiger charge is -2.22. The van der Waals surface area contributed by atoms with Crippen molar-refractivity contribution in [1.29, 1.82) is 0 Å². The Balaban J connectivity index is 1.99. The van der Waals surface area contributed by atoms with Gasteiger partial charge in [0.15, 0.2) is 0 Å². The second-order valence-electron chi connectivity index (χ2n) is 5.03. The molecule has 0 aromatic heterocycles. The SMILES string of the molecule is CC1(C(=O)O)CCN(C(=O)[C@@H]2CCC(=O)N2)C1. The minimum atomic E-state index is -0.872. The van der Waals surface area contributed by atoms with Crippen molar-refractivity contribution in [1.82, 2.24) is 10.2 Å². The summed E-state index contributed by atoms with van der Waals surface area (Å²) in [6.45, 7) is 2.33. The molecular formula is C11H16N2O4. The molecule has 0 aliphatic carbocycles. The maximum atomic E-state index is 12.0. The summed E-state index contributed by atoms with van der Waals surface area (Å²) in [5.74, 6) is -1.13. The molecule has 2 heterocycles. The molecule has 0 bridgehead atoms. The number of carboxylic acid groups (broad SMARTS) is 1. The Bertz CT molecular complexity index is 382. The number of rotatable bonds is 2. The molecule has 2 saturated heterocycles. The third-order valence-corrected chi connectivity index (χ3v) is 3.59. The normalized spacial score (nSPS) is 32.6. The zero-order chi connectivity index (χ0) is 12.6. The first kappa shape index (κ1) is 11.9. The van der Waals surface area contributed by atoms with Crippen molar-refractivity contribution in [2.45, 2.75) is 32.2 Å². The van der Waals surface area contributed by atoms with E-state index in [1.165, 1.54) is 0 Å². The van der Waals surface area contributed by atoms with Crippen molar-refractivity contribution >= 4 is 17.8 Å². The molecule has 17 heavy (non-hydrogen) atoms. The Hall–Kier alpha value is -1.59. The van der Waals surface area contributed by atoms with Crippen LogP contribution in [0.1, 0.15) is 26.2 Å². The molecule has 0 spiro atoms. The van der Waals surface area contributed by atoms with Gasteiger partial charge in [-0.1, -0.05) is 0 Å². The van der Waals surface area contributed by atoms with Gasteiger partial charge in [-0.15, -0.1) is 0 Å². The van der Waals surface area contributed by atoms with Crippen LogP contribution in [0.15, 0.2) is 0 Å². The molecule has 2 N–H and O–H groups in total. The summed E-state index contributed by atoms with van der Waals surface area (Å²) in [4.78, 5) is 35.7. The van der Waals surface area contributed by atoms with Crippen LogP contribution in [0.25, 0.3) is 0 Å². The fourth-order valence-corrected chi connectivity index (χ4v) is 2.34. The van der Waals surface area contributed by atoms with Crippen LogP contribution < -0.4 is 5.32 Å². The van der Waals surface area contributed by atoms with E-state index in [1.807, 2.05) is 0 Å². The van der Waals surface area contributed by atoms with Gasteiger partial charge in [-0.3, -0.25) is 14.4 Å². The zero-order valence-electron chi connectivity index (χ0n) is 9.73. The maximum Gasteiger partial charge on any atom is 0.311 e. The number of carboxylic acids is 1. The van der Waals surface area contributed by atoms with Gasteiger partial charge in [0.25, 0.3) is 0 Å². The first-order valence-electron chi connectivity index (χ1n) is 5.74. The second-order valence-corrected chi connectivity index (χ2v) is 5.03. The van der Waals surface area contributed by atoms with Gasteiger partial charge in [0.2, 0.25) is 11.8 Å². The van der Waals surface area contributed by atoms with Gasteiger partial charge in [0.05, 0.1) is 5.41 Å². The number of carbonyl (C=O) groups is 3. The van der Waals surface area contributed by atoms with E-state index in [0.717, 1.165) is 0 Å². The highest BCUT2D eigenvalue weighted by Crippen LogP contribution is 2.30. The molecule has 2 rings (SSSR count). The number of likely N-dealkylation sites (tertiary alicyclic amines) is 1. The Morgan fingerprint density at radius 3 is 2.71 bits per heavy atom. The van der Waals surface area contributed by atoms with Crippen molar-refractivity contribution in [3.8, 4) is 0 Å². The molecule has 2 aliphatic heterocycles. The van der Waals surface area contributed by atoms with Crippen LogP contribution in [-0.4, -0.2) is 46.9 Å². The Labute approximate surface area is 99.0 Å². The lowest BCUT2D eigenvalue weighted by Crippen LogP contribution is -2.44. The van der Waals surface area contributed by atoms with Crippen LogP contribution >= 0.6 is 0 Å². The van der Waals surface area contributed by atoms with Gasteiger partial charge in [-0.2, -0.15) is 0 Å². The first-order valence-corrected chi connectivity index (χ1v) is 5.74. The molecular weight excluding hydrogens is 224 g/mol. The lowest BCUT2D eigenvalue weighted by molar-refractivity contribution is -0.147. The highest BCUT2D eigenvalue weighted by Gasteiger charge is 2.44. The fourth-order valence-electron chi connectivity index (χ4n) is 2.34. The number of nitrogens with zero attached hydrogens (tertiary/aromatic N) is 1. The highest BCUT2D eigenvalue weighted by atomic mass is 16.4. The standard InChI is InChI=1S/C11H16N2O4/c1-11(10(16)17)4-5-13(6-11)9(15)7-2-3-8(14)12-7/h7H,2-6H2,1H3,(H,12,14)(H,16,17)/t7-,11?/m0/s1. The molecule has 1 unspecified atom stereocenters. The first-order chi connectivity index (χ1) is 7.92. The molecule has 0 aromatic carbocycles. The second kappa shape index (κ2) is 4.01. The topological polar surface area (TPSA) is 86.7 Å². The Kier molecular flexibility index (Phi) is 2.81. The largest absolute Gasteiger partial charge is 0.481 e. The average molecular weight is 240 g/mol. The van der Waals surface area contributed by atoms with Gasteiger partial charge < -0.3 is 15.3 Å². The summed E-state index contributed by atoms with van der Waals surface area (Å²) in [6.07, 6.45) is 1.35. The van der Waals surface area contributed by atoms with E-state index in [2.05, 4.69) is 5.32 Å². The van der Waals surface area contributed by atoms with Crippen LogP contribution in [0.3, 0.4) is 0 Å². The van der Waals surface area contributed by atoms with Crippen molar-refractivity contribution in [2.75, 3.05) is 13.1 Å². The number of nitrogens with one attached hydrogen (secondary N) is 1. The number of hydrogen-bond acceptors (Lipinski definition) is 3. The lowest BCUT2D eigenvalue weighted by atomic mass is 9.90. The molecule has 6 heteroatoms. The van der Waals surface area contributed by atoms with Gasteiger partial charge in [0.1, 0.15) is 6.04 Å². The Morgan fingerprint density at radius 2 is 2.24 bits per heavy atom. The highest BCUT2D eigenvalue weighted by molar-refractivity contribution is 5.91. The van der Waals surface area contributed by atoms with Gasteiger partial charge in [-0.05, 0) is 19.8 Å². The molecule has 0 saturated carbocycles. The van der Waals surface area contributed by atoms with Gasteiger partial charge >= 0.3 is 5.97 Å². The summed E-state index contributed by atoms with van der Waals surface area (Å²) in [7, 11) is 0. The summed E-state index contributed by atoms with van der Waals surface area (Å²) >= 11 is 0. The fraction of sp³-hybridized carbons (Fsp3) is 0.727. The summed E-state index contributed by atoms with van der Waals surface area (Å²) in [5, 5.41) is 11.7. The van der Waals surface area contributed by atoms with Crippen molar-refractivity contribution in [2.24, 2.45) is 5.41 Å². The predicted octanol–water partition coefficient (Wildman–Crippen LogP) is -0.412. The third-order valence-electron chi connectivity index (χ3n) is 3.59.